The molecule has 7 nitrogen and oxygen atoms in total. The van der Waals surface area contributed by atoms with Crippen molar-refractivity contribution >= 4 is 11.8 Å². The highest BCUT2D eigenvalue weighted by Crippen LogP contribution is 2.30. The predicted molar refractivity (Wildman–Crippen MR) is 128 cm³/mol. The Morgan fingerprint density at radius 2 is 1.70 bits per heavy atom. The molecule has 2 aliphatic heterocycles. The van der Waals surface area contributed by atoms with E-state index in [9.17, 15) is 9.59 Å². The maximum atomic E-state index is 13.1. The van der Waals surface area contributed by atoms with E-state index < -0.39 is 0 Å². The highest BCUT2D eigenvalue weighted by atomic mass is 16.5. The molecule has 1 aromatic carbocycles. The zero-order valence-corrected chi connectivity index (χ0v) is 20.7. The Hall–Kier alpha value is -2.28. The van der Waals surface area contributed by atoms with E-state index in [1.807, 2.05) is 29.7 Å². The molecule has 2 atom stereocenters. The van der Waals surface area contributed by atoms with Gasteiger partial charge in [0.15, 0.2) is 11.5 Å². The van der Waals surface area contributed by atoms with Crippen molar-refractivity contribution in [2.24, 2.45) is 5.92 Å². The molecule has 2 unspecified atom stereocenters. The topological polar surface area (TPSA) is 68.3 Å². The Labute approximate surface area is 198 Å². The molecule has 0 N–H and O–H groups in total. The Morgan fingerprint density at radius 3 is 2.33 bits per heavy atom. The number of nitrogens with zero attached hydrogens (tertiary/aromatic N) is 2. The molecule has 3 rings (SSSR count). The highest BCUT2D eigenvalue weighted by molar-refractivity contribution is 5.95. The number of ether oxygens (including phenoxy) is 3. The summed E-state index contributed by atoms with van der Waals surface area (Å²) in [7, 11) is 1.60. The van der Waals surface area contributed by atoms with Crippen molar-refractivity contribution in [2.45, 2.75) is 71.5 Å². The molecule has 184 valence electrons. The van der Waals surface area contributed by atoms with Crippen LogP contribution in [0.5, 0.6) is 11.5 Å². The largest absolute Gasteiger partial charge is 0.493 e. The molecule has 0 aromatic heterocycles. The number of carbonyl (C=O) groups excluding carboxylic acids is 2. The molecule has 0 spiro atoms. The van der Waals surface area contributed by atoms with E-state index in [-0.39, 0.29) is 29.9 Å². The first-order chi connectivity index (χ1) is 15.9. The number of hydrogen-bond acceptors (Lipinski definition) is 5. The van der Waals surface area contributed by atoms with E-state index in [4.69, 9.17) is 14.2 Å². The van der Waals surface area contributed by atoms with Crippen LogP contribution < -0.4 is 9.47 Å². The monoisotopic (exact) mass is 460 g/mol. The third kappa shape index (κ3) is 6.85. The quantitative estimate of drug-likeness (QED) is 0.518. The van der Waals surface area contributed by atoms with Crippen LogP contribution in [0.2, 0.25) is 0 Å². The lowest BCUT2D eigenvalue weighted by atomic mass is 9.94. The Balaban J connectivity index is 1.53. The summed E-state index contributed by atoms with van der Waals surface area (Å²) in [5.74, 6) is 1.40. The number of rotatable bonds is 9. The maximum Gasteiger partial charge on any atom is 0.253 e. The summed E-state index contributed by atoms with van der Waals surface area (Å²) in [5, 5.41) is 0. The van der Waals surface area contributed by atoms with E-state index in [1.54, 1.807) is 19.2 Å². The molecule has 2 amide bonds. The van der Waals surface area contributed by atoms with Crippen molar-refractivity contribution in [3.8, 4) is 11.5 Å². The molecule has 2 saturated heterocycles. The number of piperidine rings is 1. The maximum absolute atomic E-state index is 13.1. The molecule has 7 heteroatoms. The van der Waals surface area contributed by atoms with Gasteiger partial charge >= 0.3 is 0 Å². The van der Waals surface area contributed by atoms with Gasteiger partial charge in [-0.3, -0.25) is 9.59 Å². The van der Waals surface area contributed by atoms with E-state index in [0.717, 1.165) is 12.8 Å². The molecule has 2 aliphatic rings. The van der Waals surface area contributed by atoms with Crippen LogP contribution in [0.25, 0.3) is 0 Å². The SMILES string of the molecule is CCCCCCOc1ccc(C(=O)N2CCC(C(=O)N3CC(C)OC(C)C3)CC2)cc1OC. The predicted octanol–water partition coefficient (Wildman–Crippen LogP) is 4.14. The van der Waals surface area contributed by atoms with E-state index >= 15 is 0 Å². The molecular weight excluding hydrogens is 420 g/mol. The molecule has 0 saturated carbocycles. The number of hydrogen-bond donors (Lipinski definition) is 0. The van der Waals surface area contributed by atoms with Crippen LogP contribution in [0.4, 0.5) is 0 Å². The van der Waals surface area contributed by atoms with Gasteiger partial charge in [0.1, 0.15) is 0 Å². The van der Waals surface area contributed by atoms with E-state index in [0.29, 0.717) is 62.7 Å². The van der Waals surface area contributed by atoms with Crippen molar-refractivity contribution in [3.63, 3.8) is 0 Å². The van der Waals surface area contributed by atoms with Crippen molar-refractivity contribution in [2.75, 3.05) is 39.9 Å². The summed E-state index contributed by atoms with van der Waals surface area (Å²) in [6, 6.07) is 5.39. The standard InChI is InChI=1S/C26H40N2O5/c1-5-6-7-8-15-32-23-10-9-22(16-24(23)31-4)26(30)27-13-11-21(12-14-27)25(29)28-17-19(2)33-20(3)18-28/h9-10,16,19-21H,5-8,11-15,17-18H2,1-4H3. The summed E-state index contributed by atoms with van der Waals surface area (Å²) in [4.78, 5) is 29.9. The van der Waals surface area contributed by atoms with Gasteiger partial charge in [-0.05, 0) is 51.3 Å². The van der Waals surface area contributed by atoms with Gasteiger partial charge < -0.3 is 24.0 Å². The fourth-order valence-electron chi connectivity index (χ4n) is 4.76. The lowest BCUT2D eigenvalue weighted by Crippen LogP contribution is -2.51. The summed E-state index contributed by atoms with van der Waals surface area (Å²) in [6.07, 6.45) is 6.08. The lowest BCUT2D eigenvalue weighted by Gasteiger charge is -2.39. The van der Waals surface area contributed by atoms with Gasteiger partial charge in [0.05, 0.1) is 25.9 Å². The average molecular weight is 461 g/mol. The Bertz CT molecular complexity index is 781. The van der Waals surface area contributed by atoms with E-state index in [1.165, 1.54) is 12.8 Å². The van der Waals surface area contributed by atoms with Crippen LogP contribution in [-0.2, 0) is 9.53 Å². The first-order valence-corrected chi connectivity index (χ1v) is 12.5. The van der Waals surface area contributed by atoms with Crippen LogP contribution in [-0.4, -0.2) is 73.7 Å². The zero-order chi connectivity index (χ0) is 23.8. The molecule has 2 fully saturated rings. The van der Waals surface area contributed by atoms with Crippen molar-refractivity contribution in [3.05, 3.63) is 23.8 Å². The van der Waals surface area contributed by atoms with Crippen LogP contribution in [0.15, 0.2) is 18.2 Å². The number of likely N-dealkylation sites (tertiary alicyclic amines) is 1. The number of carbonyl (C=O) groups is 2. The van der Waals surface area contributed by atoms with Gasteiger partial charge in [0.25, 0.3) is 5.91 Å². The molecule has 33 heavy (non-hydrogen) atoms. The van der Waals surface area contributed by atoms with Crippen LogP contribution in [0.3, 0.4) is 0 Å². The number of amides is 2. The molecule has 0 radical (unpaired) electrons. The second-order valence-electron chi connectivity index (χ2n) is 9.34. The third-order valence-electron chi connectivity index (χ3n) is 6.53. The van der Waals surface area contributed by atoms with Crippen molar-refractivity contribution in [1.29, 1.82) is 0 Å². The number of methoxy groups -OCH3 is 1. The first-order valence-electron chi connectivity index (χ1n) is 12.5. The van der Waals surface area contributed by atoms with Gasteiger partial charge in [-0.15, -0.1) is 0 Å². The van der Waals surface area contributed by atoms with Gasteiger partial charge in [0, 0.05) is 37.7 Å². The first kappa shape index (κ1) is 25.3. The normalized spacial score (nSPS) is 21.7. The van der Waals surface area contributed by atoms with Gasteiger partial charge in [0.2, 0.25) is 5.91 Å². The van der Waals surface area contributed by atoms with E-state index in [2.05, 4.69) is 6.92 Å². The summed E-state index contributed by atoms with van der Waals surface area (Å²) >= 11 is 0. The fourth-order valence-corrected chi connectivity index (χ4v) is 4.76. The molecule has 0 aliphatic carbocycles. The van der Waals surface area contributed by atoms with Crippen LogP contribution >= 0.6 is 0 Å². The summed E-state index contributed by atoms with van der Waals surface area (Å²) in [6.45, 7) is 9.31. The molecular formula is C26H40N2O5. The van der Waals surface area contributed by atoms with Crippen molar-refractivity contribution < 1.29 is 23.8 Å². The van der Waals surface area contributed by atoms with Gasteiger partial charge in [-0.1, -0.05) is 26.2 Å². The molecule has 2 heterocycles. The average Bonchev–Trinajstić information content (AvgIpc) is 2.82. The number of unbranched alkanes of at least 4 members (excludes halogenated alkanes) is 3. The highest BCUT2D eigenvalue weighted by Gasteiger charge is 2.33. The lowest BCUT2D eigenvalue weighted by molar-refractivity contribution is -0.148. The fraction of sp³-hybridized carbons (Fsp3) is 0.692. The minimum Gasteiger partial charge on any atom is -0.493 e. The number of morpholine rings is 1. The number of benzene rings is 1. The van der Waals surface area contributed by atoms with Crippen molar-refractivity contribution in [1.82, 2.24) is 9.80 Å². The van der Waals surface area contributed by atoms with Gasteiger partial charge in [-0.2, -0.15) is 0 Å². The molecule has 0 bridgehead atoms. The third-order valence-corrected chi connectivity index (χ3v) is 6.53. The zero-order valence-electron chi connectivity index (χ0n) is 20.7. The second-order valence-corrected chi connectivity index (χ2v) is 9.34. The summed E-state index contributed by atoms with van der Waals surface area (Å²) in [5.41, 5.74) is 0.589. The van der Waals surface area contributed by atoms with Crippen LogP contribution in [0, 0.1) is 5.92 Å². The molecule has 1 aromatic rings. The minimum absolute atomic E-state index is 0.0235. The smallest absolute Gasteiger partial charge is 0.253 e. The second kappa shape index (κ2) is 12.3. The van der Waals surface area contributed by atoms with Gasteiger partial charge in [-0.25, -0.2) is 0 Å². The minimum atomic E-state index is -0.0256. The summed E-state index contributed by atoms with van der Waals surface area (Å²) < 4.78 is 17.1. The van der Waals surface area contributed by atoms with Crippen LogP contribution in [0.1, 0.15) is 69.7 Å². The Kier molecular flexibility index (Phi) is 9.41. The Morgan fingerprint density at radius 1 is 1.00 bits per heavy atom.